The molecule has 0 aliphatic rings. The number of imidazole rings is 1. The summed E-state index contributed by atoms with van der Waals surface area (Å²) in [5.41, 5.74) is 5.06. The molecule has 0 bridgehead atoms. The number of rotatable bonds is 6. The second kappa shape index (κ2) is 6.64. The molecular weight excluding hydrogens is 276 g/mol. The van der Waals surface area contributed by atoms with Gasteiger partial charge < -0.3 is 15.0 Å². The van der Waals surface area contributed by atoms with Gasteiger partial charge in [0.05, 0.1) is 17.1 Å². The van der Waals surface area contributed by atoms with E-state index in [1.807, 2.05) is 32.3 Å². The van der Waals surface area contributed by atoms with Crippen LogP contribution >= 0.6 is 0 Å². The molecule has 3 aromatic rings. The van der Waals surface area contributed by atoms with Crippen LogP contribution in [0.25, 0.3) is 5.65 Å². The molecule has 22 heavy (non-hydrogen) atoms. The number of fused-ring (bicyclic) bond motifs is 1. The Morgan fingerprint density at radius 3 is 2.73 bits per heavy atom. The van der Waals surface area contributed by atoms with Crippen molar-refractivity contribution in [3.05, 3.63) is 59.6 Å². The molecule has 6 heteroatoms. The highest BCUT2D eigenvalue weighted by molar-refractivity contribution is 5.41. The molecule has 0 saturated heterocycles. The van der Waals surface area contributed by atoms with E-state index < -0.39 is 0 Å². The summed E-state index contributed by atoms with van der Waals surface area (Å²) >= 11 is 0. The van der Waals surface area contributed by atoms with Crippen molar-refractivity contribution in [2.75, 3.05) is 7.05 Å². The molecule has 114 valence electrons. The molecule has 6 nitrogen and oxygen atoms in total. The van der Waals surface area contributed by atoms with Crippen molar-refractivity contribution >= 4 is 5.65 Å². The summed E-state index contributed by atoms with van der Waals surface area (Å²) in [5.74, 6) is 0. The summed E-state index contributed by atoms with van der Waals surface area (Å²) in [6.45, 7) is 4.16. The maximum absolute atomic E-state index is 4.59. The van der Waals surface area contributed by atoms with Crippen LogP contribution in [0.1, 0.15) is 22.8 Å². The zero-order chi connectivity index (χ0) is 15.4. The minimum absolute atomic E-state index is 0.696. The second-order valence-corrected chi connectivity index (χ2v) is 5.26. The molecular formula is C16H20N6. The van der Waals surface area contributed by atoms with Gasteiger partial charge in [0.1, 0.15) is 5.65 Å². The van der Waals surface area contributed by atoms with Crippen LogP contribution in [-0.2, 0) is 19.6 Å². The number of hydrogen-bond donors (Lipinski definition) is 2. The Kier molecular flexibility index (Phi) is 4.41. The zero-order valence-electron chi connectivity index (χ0n) is 12.9. The fourth-order valence-electron chi connectivity index (χ4n) is 2.36. The average Bonchev–Trinajstić information content (AvgIpc) is 2.93. The molecule has 0 spiro atoms. The van der Waals surface area contributed by atoms with Crippen LogP contribution in [0.5, 0.6) is 0 Å². The highest BCUT2D eigenvalue weighted by atomic mass is 15.0. The first-order valence-electron chi connectivity index (χ1n) is 7.35. The third-order valence-electron chi connectivity index (χ3n) is 3.43. The van der Waals surface area contributed by atoms with Gasteiger partial charge in [-0.2, -0.15) is 0 Å². The van der Waals surface area contributed by atoms with Crippen LogP contribution < -0.4 is 10.6 Å². The number of hydrogen-bond acceptors (Lipinski definition) is 5. The van der Waals surface area contributed by atoms with Crippen LogP contribution in [0.3, 0.4) is 0 Å². The molecule has 0 amide bonds. The molecule has 0 unspecified atom stereocenters. The Balaban J connectivity index is 1.69. The van der Waals surface area contributed by atoms with Gasteiger partial charge in [0.15, 0.2) is 0 Å². The SMILES string of the molecule is CNCc1cn2c(CNCc3cnc(C)cn3)cccc2n1. The van der Waals surface area contributed by atoms with Crippen LogP contribution in [0.2, 0.25) is 0 Å². The summed E-state index contributed by atoms with van der Waals surface area (Å²) in [5, 5.41) is 6.53. The van der Waals surface area contributed by atoms with E-state index in [2.05, 4.69) is 42.2 Å². The Hall–Kier alpha value is -2.31. The quantitative estimate of drug-likeness (QED) is 0.720. The summed E-state index contributed by atoms with van der Waals surface area (Å²) < 4.78 is 2.13. The summed E-state index contributed by atoms with van der Waals surface area (Å²) in [6.07, 6.45) is 5.68. The van der Waals surface area contributed by atoms with Crippen molar-refractivity contribution in [2.24, 2.45) is 0 Å². The molecule has 0 saturated carbocycles. The van der Waals surface area contributed by atoms with Crippen LogP contribution in [0.4, 0.5) is 0 Å². The van der Waals surface area contributed by atoms with Gasteiger partial charge >= 0.3 is 0 Å². The Morgan fingerprint density at radius 2 is 1.95 bits per heavy atom. The van der Waals surface area contributed by atoms with Gasteiger partial charge in [0.2, 0.25) is 0 Å². The van der Waals surface area contributed by atoms with Crippen molar-refractivity contribution in [2.45, 2.75) is 26.6 Å². The van der Waals surface area contributed by atoms with E-state index >= 15 is 0 Å². The molecule has 0 aliphatic carbocycles. The Morgan fingerprint density at radius 1 is 1.05 bits per heavy atom. The largest absolute Gasteiger partial charge is 0.314 e. The van der Waals surface area contributed by atoms with E-state index in [1.54, 1.807) is 6.20 Å². The van der Waals surface area contributed by atoms with Gasteiger partial charge in [-0.25, -0.2) is 4.98 Å². The molecule has 0 aliphatic heterocycles. The minimum atomic E-state index is 0.696. The summed E-state index contributed by atoms with van der Waals surface area (Å²) in [6, 6.07) is 6.16. The van der Waals surface area contributed by atoms with Crippen molar-refractivity contribution in [3.8, 4) is 0 Å². The number of nitrogens with one attached hydrogen (secondary N) is 2. The standard InChI is InChI=1S/C16H20N6/c1-12-6-20-13(9-19-12)8-18-10-15-4-3-5-16-21-14(7-17-2)11-22(15)16/h3-6,9,11,17-18H,7-8,10H2,1-2H3. The lowest BCUT2D eigenvalue weighted by Gasteiger charge is -2.07. The molecule has 0 aromatic carbocycles. The topological polar surface area (TPSA) is 67.1 Å². The van der Waals surface area contributed by atoms with E-state index in [0.717, 1.165) is 35.8 Å². The van der Waals surface area contributed by atoms with Gasteiger partial charge in [-0.3, -0.25) is 9.97 Å². The first kappa shape index (κ1) is 14.6. The normalized spacial score (nSPS) is 11.2. The van der Waals surface area contributed by atoms with Crippen molar-refractivity contribution in [1.82, 2.24) is 30.0 Å². The van der Waals surface area contributed by atoms with Gasteiger partial charge in [0.25, 0.3) is 0 Å². The van der Waals surface area contributed by atoms with Gasteiger partial charge in [-0.05, 0) is 26.1 Å². The van der Waals surface area contributed by atoms with Gasteiger partial charge in [-0.15, -0.1) is 0 Å². The molecule has 3 rings (SSSR count). The summed E-state index contributed by atoms with van der Waals surface area (Å²) in [7, 11) is 1.93. The molecule has 0 atom stereocenters. The highest BCUT2D eigenvalue weighted by Crippen LogP contribution is 2.09. The van der Waals surface area contributed by atoms with E-state index in [9.17, 15) is 0 Å². The number of pyridine rings is 1. The number of aromatic nitrogens is 4. The third kappa shape index (κ3) is 3.29. The predicted molar refractivity (Wildman–Crippen MR) is 85.3 cm³/mol. The second-order valence-electron chi connectivity index (χ2n) is 5.26. The predicted octanol–water partition coefficient (Wildman–Crippen LogP) is 1.44. The van der Waals surface area contributed by atoms with E-state index in [4.69, 9.17) is 0 Å². The van der Waals surface area contributed by atoms with E-state index in [-0.39, 0.29) is 0 Å². The van der Waals surface area contributed by atoms with E-state index in [0.29, 0.717) is 6.54 Å². The Bertz CT molecular complexity index is 747. The first-order chi connectivity index (χ1) is 10.8. The highest BCUT2D eigenvalue weighted by Gasteiger charge is 2.05. The smallest absolute Gasteiger partial charge is 0.137 e. The lowest BCUT2D eigenvalue weighted by atomic mass is 10.3. The van der Waals surface area contributed by atoms with Gasteiger partial charge in [0, 0.05) is 43.9 Å². The maximum atomic E-state index is 4.59. The molecule has 2 N–H and O–H groups in total. The van der Waals surface area contributed by atoms with Crippen LogP contribution in [0.15, 0.2) is 36.8 Å². The average molecular weight is 296 g/mol. The van der Waals surface area contributed by atoms with Crippen LogP contribution in [-0.4, -0.2) is 26.4 Å². The molecule has 3 aromatic heterocycles. The third-order valence-corrected chi connectivity index (χ3v) is 3.43. The lowest BCUT2D eigenvalue weighted by molar-refractivity contribution is 0.658. The fourth-order valence-corrected chi connectivity index (χ4v) is 2.36. The van der Waals surface area contributed by atoms with Crippen LogP contribution in [0, 0.1) is 6.92 Å². The summed E-state index contributed by atoms with van der Waals surface area (Å²) in [4.78, 5) is 13.2. The molecule has 3 heterocycles. The number of nitrogens with zero attached hydrogens (tertiary/aromatic N) is 4. The Labute approximate surface area is 129 Å². The molecule has 0 fully saturated rings. The fraction of sp³-hybridized carbons (Fsp3) is 0.312. The zero-order valence-corrected chi connectivity index (χ0v) is 12.9. The maximum Gasteiger partial charge on any atom is 0.137 e. The first-order valence-corrected chi connectivity index (χ1v) is 7.35. The van der Waals surface area contributed by atoms with Gasteiger partial charge in [-0.1, -0.05) is 6.07 Å². The van der Waals surface area contributed by atoms with Crippen molar-refractivity contribution in [3.63, 3.8) is 0 Å². The van der Waals surface area contributed by atoms with E-state index in [1.165, 1.54) is 5.69 Å². The van der Waals surface area contributed by atoms with Crippen molar-refractivity contribution < 1.29 is 0 Å². The molecule has 0 radical (unpaired) electrons. The monoisotopic (exact) mass is 296 g/mol. The minimum Gasteiger partial charge on any atom is -0.314 e. The van der Waals surface area contributed by atoms with Crippen molar-refractivity contribution in [1.29, 1.82) is 0 Å². The number of aryl methyl sites for hydroxylation is 1. The lowest BCUT2D eigenvalue weighted by Crippen LogP contribution is -2.16.